The lowest BCUT2D eigenvalue weighted by Gasteiger charge is -2.17. The monoisotopic (exact) mass is 396 g/mol. The predicted octanol–water partition coefficient (Wildman–Crippen LogP) is 4.57. The molecule has 0 saturated carbocycles. The summed E-state index contributed by atoms with van der Waals surface area (Å²) in [6.45, 7) is 1.99. The zero-order chi connectivity index (χ0) is 17.8. The third kappa shape index (κ3) is 4.03. The highest BCUT2D eigenvalue weighted by molar-refractivity contribution is 9.10. The number of rotatable bonds is 4. The van der Waals surface area contributed by atoms with Gasteiger partial charge in [-0.15, -0.1) is 0 Å². The fourth-order valence-corrected chi connectivity index (χ4v) is 2.90. The minimum atomic E-state index is -0.300. The number of halogens is 1. The Hall–Kier alpha value is -2.73. The molecule has 1 aromatic heterocycles. The highest BCUT2D eigenvalue weighted by Gasteiger charge is 2.12. The highest BCUT2D eigenvalue weighted by atomic mass is 79.9. The van der Waals surface area contributed by atoms with E-state index in [-0.39, 0.29) is 11.6 Å². The second-order valence-corrected chi connectivity index (χ2v) is 6.45. The second-order valence-electron chi connectivity index (χ2n) is 5.59. The van der Waals surface area contributed by atoms with Crippen molar-refractivity contribution < 1.29 is 4.79 Å². The number of para-hydroxylation sites is 1. The van der Waals surface area contributed by atoms with Crippen LogP contribution in [0.25, 0.3) is 0 Å². The summed E-state index contributed by atoms with van der Waals surface area (Å²) in [6, 6.07) is 15.6. The van der Waals surface area contributed by atoms with Crippen LogP contribution < -0.4 is 10.2 Å². The van der Waals surface area contributed by atoms with Crippen molar-refractivity contribution in [2.45, 2.75) is 6.92 Å². The van der Waals surface area contributed by atoms with Crippen LogP contribution in [-0.2, 0) is 0 Å². The third-order valence-corrected chi connectivity index (χ3v) is 4.39. The van der Waals surface area contributed by atoms with E-state index in [0.717, 1.165) is 15.7 Å². The first kappa shape index (κ1) is 17.1. The summed E-state index contributed by atoms with van der Waals surface area (Å²) in [5, 5.41) is 2.83. The number of nitrogens with one attached hydrogen (secondary N) is 1. The maximum atomic E-state index is 12.4. The van der Waals surface area contributed by atoms with E-state index in [4.69, 9.17) is 0 Å². The van der Waals surface area contributed by atoms with Gasteiger partial charge in [-0.2, -0.15) is 0 Å². The summed E-state index contributed by atoms with van der Waals surface area (Å²) in [4.78, 5) is 22.8. The van der Waals surface area contributed by atoms with Crippen molar-refractivity contribution in [2.75, 3.05) is 17.3 Å². The van der Waals surface area contributed by atoms with Crippen LogP contribution in [0.1, 0.15) is 16.1 Å². The van der Waals surface area contributed by atoms with Crippen molar-refractivity contribution in [3.63, 3.8) is 0 Å². The summed E-state index contributed by atoms with van der Waals surface area (Å²) in [6.07, 6.45) is 3.07. The largest absolute Gasteiger partial charge is 0.328 e. The number of carbonyl (C=O) groups excluding carboxylic acids is 1. The smallest absolute Gasteiger partial charge is 0.275 e. The molecule has 3 rings (SSSR count). The van der Waals surface area contributed by atoms with Gasteiger partial charge >= 0.3 is 0 Å². The molecule has 1 amide bonds. The van der Waals surface area contributed by atoms with Gasteiger partial charge in [0.15, 0.2) is 5.82 Å². The van der Waals surface area contributed by atoms with E-state index < -0.39 is 0 Å². The first-order chi connectivity index (χ1) is 12.0. The van der Waals surface area contributed by atoms with Gasteiger partial charge in [-0.25, -0.2) is 9.97 Å². The van der Waals surface area contributed by atoms with E-state index in [1.165, 1.54) is 6.20 Å². The number of anilines is 3. The van der Waals surface area contributed by atoms with Gasteiger partial charge < -0.3 is 10.2 Å². The molecule has 2 aromatic carbocycles. The van der Waals surface area contributed by atoms with Crippen molar-refractivity contribution in [3.05, 3.63) is 76.7 Å². The van der Waals surface area contributed by atoms with E-state index in [2.05, 4.69) is 31.2 Å². The number of aromatic nitrogens is 2. The van der Waals surface area contributed by atoms with Gasteiger partial charge in [-0.3, -0.25) is 4.79 Å². The predicted molar refractivity (Wildman–Crippen MR) is 103 cm³/mol. The van der Waals surface area contributed by atoms with Crippen LogP contribution in [0.5, 0.6) is 0 Å². The molecule has 0 bridgehead atoms. The molecule has 25 heavy (non-hydrogen) atoms. The van der Waals surface area contributed by atoms with E-state index >= 15 is 0 Å². The average Bonchev–Trinajstić information content (AvgIpc) is 2.64. The third-order valence-electron chi connectivity index (χ3n) is 3.73. The number of carbonyl (C=O) groups is 1. The molecule has 0 aliphatic heterocycles. The van der Waals surface area contributed by atoms with Crippen LogP contribution in [0.15, 0.2) is 65.4 Å². The van der Waals surface area contributed by atoms with Crippen molar-refractivity contribution in [2.24, 2.45) is 0 Å². The summed E-state index contributed by atoms with van der Waals surface area (Å²) in [7, 11) is 1.91. The molecular formula is C19H17BrN4O. The van der Waals surface area contributed by atoms with Crippen LogP contribution in [0.3, 0.4) is 0 Å². The Bertz CT molecular complexity index is 882. The van der Waals surface area contributed by atoms with Crippen LogP contribution in [0.2, 0.25) is 0 Å². The zero-order valence-electron chi connectivity index (χ0n) is 13.9. The first-order valence-corrected chi connectivity index (χ1v) is 8.52. The molecule has 0 atom stereocenters. The molecule has 1 heterocycles. The standard InChI is InChI=1S/C19H17BrN4O/c1-13-8-9-16(15(20)10-13)23-19(25)17-11-22-18(12-21-17)24(2)14-6-4-3-5-7-14/h3-12H,1-2H3,(H,23,25). The second kappa shape index (κ2) is 7.44. The van der Waals surface area contributed by atoms with Gasteiger partial charge in [-0.05, 0) is 52.7 Å². The Morgan fingerprint density at radius 1 is 1.08 bits per heavy atom. The number of hydrogen-bond acceptors (Lipinski definition) is 4. The Morgan fingerprint density at radius 3 is 2.48 bits per heavy atom. The van der Waals surface area contributed by atoms with Crippen molar-refractivity contribution in [1.82, 2.24) is 9.97 Å². The molecule has 0 unspecified atom stereocenters. The lowest BCUT2D eigenvalue weighted by atomic mass is 10.2. The van der Waals surface area contributed by atoms with Crippen molar-refractivity contribution in [1.29, 1.82) is 0 Å². The number of nitrogens with zero attached hydrogens (tertiary/aromatic N) is 3. The summed E-state index contributed by atoms with van der Waals surface area (Å²) in [5.74, 6) is 0.366. The molecule has 5 nitrogen and oxygen atoms in total. The van der Waals surface area contributed by atoms with Crippen LogP contribution in [0.4, 0.5) is 17.2 Å². The Morgan fingerprint density at radius 2 is 1.84 bits per heavy atom. The van der Waals surface area contributed by atoms with Crippen LogP contribution >= 0.6 is 15.9 Å². The summed E-state index contributed by atoms with van der Waals surface area (Å²) >= 11 is 3.45. The number of aryl methyl sites for hydroxylation is 1. The van der Waals surface area contributed by atoms with Gasteiger partial charge in [0.1, 0.15) is 5.69 Å². The maximum absolute atomic E-state index is 12.4. The molecular weight excluding hydrogens is 380 g/mol. The topological polar surface area (TPSA) is 58.1 Å². The molecule has 3 aromatic rings. The molecule has 0 saturated heterocycles. The fourth-order valence-electron chi connectivity index (χ4n) is 2.30. The van der Waals surface area contributed by atoms with E-state index in [0.29, 0.717) is 11.5 Å². The lowest BCUT2D eigenvalue weighted by molar-refractivity contribution is 0.102. The van der Waals surface area contributed by atoms with Crippen LogP contribution in [-0.4, -0.2) is 22.9 Å². The molecule has 0 radical (unpaired) electrons. The van der Waals surface area contributed by atoms with Crippen molar-refractivity contribution in [3.8, 4) is 0 Å². The summed E-state index contributed by atoms with van der Waals surface area (Å²) < 4.78 is 0.828. The lowest BCUT2D eigenvalue weighted by Crippen LogP contribution is -2.16. The fraction of sp³-hybridized carbons (Fsp3) is 0.105. The quantitative estimate of drug-likeness (QED) is 0.701. The molecule has 0 aliphatic carbocycles. The minimum absolute atomic E-state index is 0.262. The maximum Gasteiger partial charge on any atom is 0.275 e. The average molecular weight is 397 g/mol. The molecule has 126 valence electrons. The Balaban J connectivity index is 1.74. The van der Waals surface area contributed by atoms with Gasteiger partial charge in [0.25, 0.3) is 5.91 Å². The van der Waals surface area contributed by atoms with E-state index in [1.807, 2.05) is 67.4 Å². The Kier molecular flexibility index (Phi) is 5.09. The number of amides is 1. The minimum Gasteiger partial charge on any atom is -0.328 e. The first-order valence-electron chi connectivity index (χ1n) is 7.73. The molecule has 0 spiro atoms. The van der Waals surface area contributed by atoms with Gasteiger partial charge in [0.2, 0.25) is 0 Å². The van der Waals surface area contributed by atoms with E-state index in [9.17, 15) is 4.79 Å². The Labute approximate surface area is 154 Å². The molecule has 1 N–H and O–H groups in total. The van der Waals surface area contributed by atoms with Crippen molar-refractivity contribution >= 4 is 39.0 Å². The van der Waals surface area contributed by atoms with Crippen LogP contribution in [0, 0.1) is 6.92 Å². The van der Waals surface area contributed by atoms with Gasteiger partial charge in [-0.1, -0.05) is 24.3 Å². The highest BCUT2D eigenvalue weighted by Crippen LogP contribution is 2.24. The number of benzene rings is 2. The summed E-state index contributed by atoms with van der Waals surface area (Å²) in [5.41, 5.74) is 3.07. The van der Waals surface area contributed by atoms with Gasteiger partial charge in [0.05, 0.1) is 18.1 Å². The molecule has 0 fully saturated rings. The molecule has 0 aliphatic rings. The zero-order valence-corrected chi connectivity index (χ0v) is 15.5. The van der Waals surface area contributed by atoms with E-state index in [1.54, 1.807) is 6.20 Å². The number of hydrogen-bond donors (Lipinski definition) is 1. The normalized spacial score (nSPS) is 10.4. The SMILES string of the molecule is Cc1ccc(NC(=O)c2cnc(N(C)c3ccccc3)cn2)c(Br)c1. The molecule has 6 heteroatoms. The van der Waals surface area contributed by atoms with Gasteiger partial charge in [0, 0.05) is 17.2 Å².